The summed E-state index contributed by atoms with van der Waals surface area (Å²) < 4.78 is 5.43. The van der Waals surface area contributed by atoms with E-state index in [0.29, 0.717) is 11.5 Å². The van der Waals surface area contributed by atoms with E-state index in [1.807, 2.05) is 54.6 Å². The topological polar surface area (TPSA) is 46.6 Å². The van der Waals surface area contributed by atoms with Crippen LogP contribution in [0.5, 0.6) is 5.75 Å². The van der Waals surface area contributed by atoms with Gasteiger partial charge in [-0.2, -0.15) is 0 Å². The van der Waals surface area contributed by atoms with E-state index in [0.717, 1.165) is 28.6 Å². The fourth-order valence-corrected chi connectivity index (χ4v) is 3.21. The molecule has 0 atom stereocenters. The molecule has 3 rings (SSSR count). The zero-order valence-electron chi connectivity index (χ0n) is 13.6. The number of rotatable bonds is 6. The molecule has 0 spiro atoms. The van der Waals surface area contributed by atoms with E-state index in [2.05, 4.69) is 6.58 Å². The maximum Gasteiger partial charge on any atom is 0.293 e. The maximum atomic E-state index is 12.5. The highest BCUT2D eigenvalue weighted by molar-refractivity contribution is 8.18. The quantitative estimate of drug-likeness (QED) is 0.568. The van der Waals surface area contributed by atoms with Crippen LogP contribution < -0.4 is 4.74 Å². The van der Waals surface area contributed by atoms with Gasteiger partial charge in [0.25, 0.3) is 11.1 Å². The van der Waals surface area contributed by atoms with Crippen molar-refractivity contribution in [3.05, 3.63) is 83.3 Å². The largest absolute Gasteiger partial charge is 0.490 e. The highest BCUT2D eigenvalue weighted by Gasteiger charge is 2.34. The van der Waals surface area contributed by atoms with E-state index in [-0.39, 0.29) is 17.7 Å². The van der Waals surface area contributed by atoms with Crippen LogP contribution in [0, 0.1) is 0 Å². The molecule has 4 nitrogen and oxygen atoms in total. The number of benzene rings is 2. The van der Waals surface area contributed by atoms with E-state index in [1.165, 1.54) is 4.90 Å². The first-order valence-electron chi connectivity index (χ1n) is 7.80. The average molecular weight is 351 g/mol. The molecular weight excluding hydrogens is 334 g/mol. The number of carbonyl (C=O) groups is 2. The Hall–Kier alpha value is -2.79. The summed E-state index contributed by atoms with van der Waals surface area (Å²) in [6.07, 6.45) is 3.41. The van der Waals surface area contributed by atoms with E-state index in [1.54, 1.807) is 12.2 Å². The lowest BCUT2D eigenvalue weighted by molar-refractivity contribution is -0.123. The average Bonchev–Trinajstić information content (AvgIpc) is 2.89. The summed E-state index contributed by atoms with van der Waals surface area (Å²) in [4.78, 5) is 26.4. The Morgan fingerprint density at radius 2 is 1.76 bits per heavy atom. The van der Waals surface area contributed by atoms with Crippen LogP contribution in [0.3, 0.4) is 0 Å². The Labute approximate surface area is 150 Å². The second-order valence-electron chi connectivity index (χ2n) is 5.42. The predicted octanol–water partition coefficient (Wildman–Crippen LogP) is 4.49. The minimum atomic E-state index is -0.258. The molecule has 1 fully saturated rings. The number of thioether (sulfide) groups is 1. The first kappa shape index (κ1) is 17.0. The van der Waals surface area contributed by atoms with Gasteiger partial charge in [-0.25, -0.2) is 0 Å². The Morgan fingerprint density at radius 3 is 2.44 bits per heavy atom. The molecule has 1 saturated heterocycles. The number of carbonyl (C=O) groups excluding carboxylic acids is 2. The molecule has 0 bridgehead atoms. The van der Waals surface area contributed by atoms with Gasteiger partial charge >= 0.3 is 0 Å². The molecule has 0 aliphatic carbocycles. The molecule has 0 aromatic heterocycles. The maximum absolute atomic E-state index is 12.5. The Balaban J connectivity index is 1.72. The van der Waals surface area contributed by atoms with E-state index in [9.17, 15) is 9.59 Å². The second kappa shape index (κ2) is 7.85. The zero-order chi connectivity index (χ0) is 17.6. The fourth-order valence-electron chi connectivity index (χ4n) is 2.37. The first-order valence-corrected chi connectivity index (χ1v) is 8.62. The highest BCUT2D eigenvalue weighted by Crippen LogP contribution is 2.33. The molecule has 2 amide bonds. The van der Waals surface area contributed by atoms with Gasteiger partial charge in [0.05, 0.1) is 11.4 Å². The molecule has 0 saturated carbocycles. The normalized spacial score (nSPS) is 15.7. The van der Waals surface area contributed by atoms with Crippen molar-refractivity contribution in [3.63, 3.8) is 0 Å². The van der Waals surface area contributed by atoms with Crippen molar-refractivity contribution in [3.8, 4) is 5.75 Å². The van der Waals surface area contributed by atoms with Crippen molar-refractivity contribution in [1.82, 2.24) is 4.90 Å². The van der Waals surface area contributed by atoms with Crippen molar-refractivity contribution < 1.29 is 14.3 Å². The second-order valence-corrected chi connectivity index (χ2v) is 6.42. The summed E-state index contributed by atoms with van der Waals surface area (Å²) in [7, 11) is 0. The van der Waals surface area contributed by atoms with Gasteiger partial charge in [-0.15, -0.1) is 0 Å². The fraction of sp³-hybridized carbons (Fsp3) is 0.100. The van der Waals surface area contributed by atoms with Crippen LogP contribution in [0.2, 0.25) is 0 Å². The van der Waals surface area contributed by atoms with Crippen molar-refractivity contribution in [2.45, 2.75) is 6.54 Å². The monoisotopic (exact) mass is 351 g/mol. The van der Waals surface area contributed by atoms with Crippen molar-refractivity contribution >= 4 is 29.0 Å². The lowest BCUT2D eigenvalue weighted by Gasteiger charge is -2.12. The van der Waals surface area contributed by atoms with Crippen LogP contribution in [0.25, 0.3) is 6.08 Å². The first-order chi connectivity index (χ1) is 12.2. The lowest BCUT2D eigenvalue weighted by atomic mass is 10.2. The molecule has 126 valence electrons. The zero-order valence-corrected chi connectivity index (χ0v) is 14.4. The predicted molar refractivity (Wildman–Crippen MR) is 100 cm³/mol. The molecule has 0 unspecified atom stereocenters. The van der Waals surface area contributed by atoms with Gasteiger partial charge in [0.15, 0.2) is 0 Å². The van der Waals surface area contributed by atoms with Gasteiger partial charge in [-0.3, -0.25) is 14.5 Å². The number of nitrogens with zero attached hydrogens (tertiary/aromatic N) is 1. The summed E-state index contributed by atoms with van der Waals surface area (Å²) in [5.41, 5.74) is 1.77. The van der Waals surface area contributed by atoms with Crippen molar-refractivity contribution in [2.24, 2.45) is 0 Å². The van der Waals surface area contributed by atoms with Crippen LogP contribution in [-0.2, 0) is 11.3 Å². The van der Waals surface area contributed by atoms with Crippen LogP contribution >= 0.6 is 11.8 Å². The summed E-state index contributed by atoms with van der Waals surface area (Å²) in [6.45, 7) is 4.33. The SMILES string of the molecule is C=CCOc1ccc(/C=C2\SC(=O)N(Cc3ccccc3)C2=O)cc1. The third-order valence-electron chi connectivity index (χ3n) is 3.60. The minimum absolute atomic E-state index is 0.244. The highest BCUT2D eigenvalue weighted by atomic mass is 32.2. The van der Waals surface area contributed by atoms with Gasteiger partial charge in [0.2, 0.25) is 0 Å². The summed E-state index contributed by atoms with van der Waals surface area (Å²) >= 11 is 0.968. The van der Waals surface area contributed by atoms with E-state index >= 15 is 0 Å². The van der Waals surface area contributed by atoms with E-state index in [4.69, 9.17) is 4.74 Å². The van der Waals surface area contributed by atoms with Crippen LogP contribution in [-0.4, -0.2) is 22.7 Å². The van der Waals surface area contributed by atoms with E-state index < -0.39 is 0 Å². The summed E-state index contributed by atoms with van der Waals surface area (Å²) in [6, 6.07) is 16.8. The van der Waals surface area contributed by atoms with Crippen LogP contribution in [0.1, 0.15) is 11.1 Å². The number of hydrogen-bond acceptors (Lipinski definition) is 4. The minimum Gasteiger partial charge on any atom is -0.490 e. The molecule has 0 radical (unpaired) electrons. The summed E-state index contributed by atoms with van der Waals surface area (Å²) in [5.74, 6) is 0.472. The molecular formula is C20H17NO3S. The Kier molecular flexibility index (Phi) is 5.36. The van der Waals surface area contributed by atoms with Gasteiger partial charge in [-0.05, 0) is 41.1 Å². The van der Waals surface area contributed by atoms with Crippen LogP contribution in [0.15, 0.2) is 72.2 Å². The summed E-state index contributed by atoms with van der Waals surface area (Å²) in [5, 5.41) is -0.244. The number of amides is 2. The van der Waals surface area contributed by atoms with Gasteiger partial charge < -0.3 is 4.74 Å². The number of imide groups is 1. The molecule has 1 heterocycles. The standard InChI is InChI=1S/C20H17NO3S/c1-2-12-24-17-10-8-15(9-11-17)13-18-19(22)21(20(23)25-18)14-16-6-4-3-5-7-16/h2-11,13H,1,12,14H2/b18-13-. The molecule has 1 aliphatic heterocycles. The van der Waals surface area contributed by atoms with Crippen molar-refractivity contribution in [2.75, 3.05) is 6.61 Å². The van der Waals surface area contributed by atoms with Gasteiger partial charge in [0.1, 0.15) is 12.4 Å². The third-order valence-corrected chi connectivity index (χ3v) is 4.51. The molecule has 0 N–H and O–H groups in total. The number of ether oxygens (including phenoxy) is 1. The van der Waals surface area contributed by atoms with Gasteiger partial charge in [-0.1, -0.05) is 55.1 Å². The molecule has 2 aromatic carbocycles. The Bertz CT molecular complexity index is 813. The molecule has 5 heteroatoms. The Morgan fingerprint density at radius 1 is 1.04 bits per heavy atom. The van der Waals surface area contributed by atoms with Gasteiger partial charge in [0, 0.05) is 0 Å². The smallest absolute Gasteiger partial charge is 0.293 e. The lowest BCUT2D eigenvalue weighted by Crippen LogP contribution is -2.27. The molecule has 25 heavy (non-hydrogen) atoms. The van der Waals surface area contributed by atoms with Crippen LogP contribution in [0.4, 0.5) is 4.79 Å². The molecule has 1 aliphatic rings. The number of hydrogen-bond donors (Lipinski definition) is 0. The molecule has 2 aromatic rings. The van der Waals surface area contributed by atoms with Crippen molar-refractivity contribution in [1.29, 1.82) is 0 Å². The third kappa shape index (κ3) is 4.19.